The zero-order chi connectivity index (χ0) is 7.28. The molecule has 0 aromatic carbocycles. The van der Waals surface area contributed by atoms with Crippen LogP contribution in [0.3, 0.4) is 0 Å². The van der Waals surface area contributed by atoms with Gasteiger partial charge in [-0.2, -0.15) is 0 Å². The molecule has 0 aromatic rings. The number of aliphatic imine (C=N–C) groups is 2. The van der Waals surface area contributed by atoms with Gasteiger partial charge in [0.05, 0.1) is 0 Å². The van der Waals surface area contributed by atoms with E-state index in [-0.39, 0.29) is 5.29 Å². The van der Waals surface area contributed by atoms with E-state index in [4.69, 9.17) is 11.6 Å². The first kappa shape index (κ1) is 8.85. The maximum atomic E-state index is 5.36. The van der Waals surface area contributed by atoms with E-state index in [1.165, 1.54) is 0 Å². The van der Waals surface area contributed by atoms with Gasteiger partial charge in [-0.3, -0.25) is 0 Å². The highest BCUT2D eigenvalue weighted by molar-refractivity contribution is 9.11. The normalized spacial score (nSPS) is 13.7. The third-order valence-corrected chi connectivity index (χ3v) is 0.901. The van der Waals surface area contributed by atoms with Crippen molar-refractivity contribution >= 4 is 39.5 Å². The molecule has 2 nitrogen and oxygen atoms in total. The van der Waals surface area contributed by atoms with Crippen LogP contribution in [0.2, 0.25) is 0 Å². The minimum absolute atomic E-state index is 0.147. The summed E-state index contributed by atoms with van der Waals surface area (Å²) in [4.78, 5) is 7.05. The minimum atomic E-state index is 0.147. The summed E-state index contributed by atoms with van der Waals surface area (Å²) in [6, 6.07) is 0. The summed E-state index contributed by atoms with van der Waals surface area (Å²) in [7, 11) is 0. The van der Waals surface area contributed by atoms with E-state index in [1.54, 1.807) is 6.20 Å². The molecule has 0 saturated heterocycles. The van der Waals surface area contributed by atoms with Gasteiger partial charge < -0.3 is 0 Å². The van der Waals surface area contributed by atoms with Gasteiger partial charge in [0.25, 0.3) is 0 Å². The molecule has 0 unspecified atom stereocenters. The van der Waals surface area contributed by atoms with Crippen LogP contribution >= 0.6 is 27.5 Å². The molecule has 0 rings (SSSR count). The quantitative estimate of drug-likeness (QED) is 0.360. The van der Waals surface area contributed by atoms with Crippen molar-refractivity contribution in [2.45, 2.75) is 6.92 Å². The molecule has 0 aliphatic heterocycles. The molecule has 50 valence electrons. The zero-order valence-corrected chi connectivity index (χ0v) is 7.28. The molecule has 0 bridgehead atoms. The number of rotatable bonds is 1. The summed E-state index contributed by atoms with van der Waals surface area (Å²) < 4.78 is 0.893. The highest BCUT2D eigenvalue weighted by Gasteiger charge is 1.80. The number of halogens is 2. The average molecular weight is 209 g/mol. The van der Waals surface area contributed by atoms with Crippen LogP contribution in [-0.4, -0.2) is 12.0 Å². The fraction of sp³-hybridized carbons (Fsp3) is 0.200. The Balaban J connectivity index is 3.98. The molecule has 0 spiro atoms. The Bertz CT molecular complexity index is 158. The molecule has 0 saturated carbocycles. The van der Waals surface area contributed by atoms with E-state index in [9.17, 15) is 0 Å². The summed E-state index contributed by atoms with van der Waals surface area (Å²) in [6.07, 6.45) is 1.55. The predicted octanol–water partition coefficient (Wildman–Crippen LogP) is 2.54. The second-order valence-electron chi connectivity index (χ2n) is 1.27. The van der Waals surface area contributed by atoms with Gasteiger partial charge in [0.1, 0.15) is 0 Å². The lowest BCUT2D eigenvalue weighted by Crippen LogP contribution is -1.74. The van der Waals surface area contributed by atoms with Crippen molar-refractivity contribution < 1.29 is 0 Å². The standard InChI is InChI=1S/C5H6BrClN2/c1-4(6)3-9-5(7)8-2/h3H,2H2,1H3/b4-3+,9-5?. The molecule has 0 aromatic heterocycles. The lowest BCUT2D eigenvalue weighted by atomic mass is 10.7. The largest absolute Gasteiger partial charge is 0.235 e. The van der Waals surface area contributed by atoms with Crippen molar-refractivity contribution in [3.8, 4) is 0 Å². The highest BCUT2D eigenvalue weighted by Crippen LogP contribution is 2.02. The molecule has 4 heteroatoms. The molecule has 0 aliphatic carbocycles. The van der Waals surface area contributed by atoms with Gasteiger partial charge in [-0.25, -0.2) is 9.98 Å². The molecule has 0 radical (unpaired) electrons. The summed E-state index contributed by atoms with van der Waals surface area (Å²) >= 11 is 8.53. The third kappa shape index (κ3) is 5.73. The molecule has 0 fully saturated rings. The molecule has 9 heavy (non-hydrogen) atoms. The van der Waals surface area contributed by atoms with Crippen molar-refractivity contribution in [3.05, 3.63) is 10.7 Å². The first-order valence-electron chi connectivity index (χ1n) is 2.19. The van der Waals surface area contributed by atoms with E-state index in [1.807, 2.05) is 6.92 Å². The molecular weight excluding hydrogens is 203 g/mol. The van der Waals surface area contributed by atoms with Crippen LogP contribution in [0.15, 0.2) is 20.7 Å². The second kappa shape index (κ2) is 4.70. The van der Waals surface area contributed by atoms with E-state index in [2.05, 4.69) is 32.6 Å². The molecule has 0 N–H and O–H groups in total. The van der Waals surface area contributed by atoms with Crippen LogP contribution in [0.5, 0.6) is 0 Å². The van der Waals surface area contributed by atoms with Crippen LogP contribution in [0, 0.1) is 0 Å². The number of allylic oxidation sites excluding steroid dienone is 1. The summed E-state index contributed by atoms with van der Waals surface area (Å²) in [5.74, 6) is 0. The maximum Gasteiger partial charge on any atom is 0.221 e. The molecule has 0 aliphatic rings. The molecule has 0 heterocycles. The molecule has 0 atom stereocenters. The molecular formula is C5H6BrClN2. The summed E-state index contributed by atoms with van der Waals surface area (Å²) in [5.41, 5.74) is 0. The topological polar surface area (TPSA) is 24.7 Å². The molecule has 0 amide bonds. The van der Waals surface area contributed by atoms with Crippen molar-refractivity contribution in [3.63, 3.8) is 0 Å². The summed E-state index contributed by atoms with van der Waals surface area (Å²) in [6.45, 7) is 5.03. The first-order valence-corrected chi connectivity index (χ1v) is 3.36. The Hall–Kier alpha value is -0.150. The highest BCUT2D eigenvalue weighted by atomic mass is 79.9. The Labute approximate surface area is 67.5 Å². The Morgan fingerprint density at radius 1 is 1.78 bits per heavy atom. The fourth-order valence-corrected chi connectivity index (χ4v) is 0.334. The van der Waals surface area contributed by atoms with E-state index < -0.39 is 0 Å². The van der Waals surface area contributed by atoms with Crippen molar-refractivity contribution in [1.82, 2.24) is 0 Å². The van der Waals surface area contributed by atoms with Crippen LogP contribution < -0.4 is 0 Å². The van der Waals surface area contributed by atoms with Gasteiger partial charge in [0, 0.05) is 10.7 Å². The van der Waals surface area contributed by atoms with Gasteiger partial charge in [0.2, 0.25) is 5.29 Å². The monoisotopic (exact) mass is 208 g/mol. The van der Waals surface area contributed by atoms with E-state index in [0.29, 0.717) is 0 Å². The van der Waals surface area contributed by atoms with E-state index >= 15 is 0 Å². The van der Waals surface area contributed by atoms with Crippen LogP contribution in [0.1, 0.15) is 6.92 Å². The van der Waals surface area contributed by atoms with Crippen molar-refractivity contribution in [2.75, 3.05) is 0 Å². The third-order valence-electron chi connectivity index (χ3n) is 0.479. The SMILES string of the molecule is C=NC(Cl)=N/C=C(\C)Br. The van der Waals surface area contributed by atoms with Crippen LogP contribution in [0.25, 0.3) is 0 Å². The smallest absolute Gasteiger partial charge is 0.221 e. The number of amidine groups is 1. The van der Waals surface area contributed by atoms with Crippen molar-refractivity contribution in [1.29, 1.82) is 0 Å². The van der Waals surface area contributed by atoms with Crippen molar-refractivity contribution in [2.24, 2.45) is 9.98 Å². The first-order chi connectivity index (χ1) is 4.16. The van der Waals surface area contributed by atoms with Gasteiger partial charge in [-0.15, -0.1) is 0 Å². The number of nitrogens with zero attached hydrogens (tertiary/aromatic N) is 2. The van der Waals surface area contributed by atoms with Crippen LogP contribution in [0.4, 0.5) is 0 Å². The second-order valence-corrected chi connectivity index (χ2v) is 2.86. The Morgan fingerprint density at radius 2 is 2.33 bits per heavy atom. The predicted molar refractivity (Wildman–Crippen MR) is 45.5 cm³/mol. The Morgan fingerprint density at radius 3 is 2.67 bits per heavy atom. The Kier molecular flexibility index (Phi) is 4.62. The van der Waals surface area contributed by atoms with E-state index in [0.717, 1.165) is 4.48 Å². The minimum Gasteiger partial charge on any atom is -0.235 e. The van der Waals surface area contributed by atoms with Crippen LogP contribution in [-0.2, 0) is 0 Å². The van der Waals surface area contributed by atoms with Gasteiger partial charge >= 0.3 is 0 Å². The van der Waals surface area contributed by atoms with Gasteiger partial charge in [-0.1, -0.05) is 15.9 Å². The zero-order valence-electron chi connectivity index (χ0n) is 4.93. The number of hydrogen-bond acceptors (Lipinski definition) is 1. The lowest BCUT2D eigenvalue weighted by molar-refractivity contribution is 1.50. The number of hydrogen-bond donors (Lipinski definition) is 0. The lowest BCUT2D eigenvalue weighted by Gasteiger charge is -1.81. The average Bonchev–Trinajstić information content (AvgIpc) is 1.83. The van der Waals surface area contributed by atoms with Gasteiger partial charge in [-0.05, 0) is 25.2 Å². The van der Waals surface area contributed by atoms with Gasteiger partial charge in [0.15, 0.2) is 0 Å². The summed E-state index contributed by atoms with van der Waals surface area (Å²) in [5, 5.41) is 0.147. The maximum absolute atomic E-state index is 5.36. The fourth-order valence-electron chi connectivity index (χ4n) is 0.183.